The third-order valence-corrected chi connectivity index (χ3v) is 2.51. The first-order valence-corrected chi connectivity index (χ1v) is 3.95. The lowest BCUT2D eigenvalue weighted by atomic mass is 10.9. The highest BCUT2D eigenvalue weighted by molar-refractivity contribution is 7.89. The van der Waals surface area contributed by atoms with Crippen LogP contribution < -0.4 is 0 Å². The highest BCUT2D eigenvalue weighted by Gasteiger charge is 2.10. The Hall–Kier alpha value is -0.420. The minimum absolute atomic E-state index is 0.370. The van der Waals surface area contributed by atoms with Crippen LogP contribution in [0.15, 0.2) is 0 Å². The number of sulfonamides is 1. The molecule has 0 aromatic rings. The van der Waals surface area contributed by atoms with Crippen LogP contribution >= 0.6 is 0 Å². The van der Waals surface area contributed by atoms with Crippen LogP contribution in [0.5, 0.6) is 0 Å². The second-order valence-corrected chi connectivity index (χ2v) is 3.96. The lowest BCUT2D eigenvalue weighted by molar-refractivity contribution is -0.105. The Labute approximate surface area is 54.5 Å². The van der Waals surface area contributed by atoms with Crippen LogP contribution in [0.4, 0.5) is 0 Å². The van der Waals surface area contributed by atoms with Crippen molar-refractivity contribution in [1.82, 2.24) is 4.31 Å². The molecule has 0 atom stereocenters. The molecular weight excluding hydrogens is 142 g/mol. The van der Waals surface area contributed by atoms with Gasteiger partial charge in [-0.1, -0.05) is 0 Å². The maximum absolute atomic E-state index is 10.6. The summed E-state index contributed by atoms with van der Waals surface area (Å²) in [6.45, 7) is 0. The van der Waals surface area contributed by atoms with Gasteiger partial charge in [-0.25, -0.2) is 12.7 Å². The average Bonchev–Trinajstić information content (AvgIpc) is 1.65. The van der Waals surface area contributed by atoms with Crippen LogP contribution in [-0.4, -0.2) is 38.9 Å². The Bertz CT molecular complexity index is 182. The lowest BCUT2D eigenvalue weighted by Gasteiger charge is -2.06. The smallest absolute Gasteiger partial charge is 0.220 e. The standard InChI is InChI=1S/C4H9NO3S/c1-5(2)9(7,8)4-3-6/h3H,4H2,1-2H3. The van der Waals surface area contributed by atoms with Crippen molar-refractivity contribution in [3.05, 3.63) is 0 Å². The summed E-state index contributed by atoms with van der Waals surface area (Å²) in [7, 11) is -0.508. The quantitative estimate of drug-likeness (QED) is 0.490. The predicted molar refractivity (Wildman–Crippen MR) is 33.5 cm³/mol. The molecule has 0 fully saturated rings. The average molecular weight is 151 g/mol. The molecule has 54 valence electrons. The van der Waals surface area contributed by atoms with Gasteiger partial charge in [-0.3, -0.25) is 0 Å². The van der Waals surface area contributed by atoms with E-state index in [0.717, 1.165) is 4.31 Å². The first kappa shape index (κ1) is 8.58. The van der Waals surface area contributed by atoms with Gasteiger partial charge in [0.1, 0.15) is 12.0 Å². The molecular formula is C4H9NO3S. The van der Waals surface area contributed by atoms with E-state index in [2.05, 4.69) is 0 Å². The summed E-state index contributed by atoms with van der Waals surface area (Å²) >= 11 is 0. The lowest BCUT2D eigenvalue weighted by Crippen LogP contribution is -2.25. The van der Waals surface area contributed by atoms with E-state index in [9.17, 15) is 13.2 Å². The van der Waals surface area contributed by atoms with Crippen LogP contribution in [0, 0.1) is 0 Å². The molecule has 0 rings (SSSR count). The largest absolute Gasteiger partial charge is 0.302 e. The van der Waals surface area contributed by atoms with E-state index in [1.165, 1.54) is 14.1 Å². The van der Waals surface area contributed by atoms with Crippen molar-refractivity contribution < 1.29 is 13.2 Å². The van der Waals surface area contributed by atoms with Crippen LogP contribution in [0.3, 0.4) is 0 Å². The van der Waals surface area contributed by atoms with E-state index < -0.39 is 15.8 Å². The monoisotopic (exact) mass is 151 g/mol. The van der Waals surface area contributed by atoms with E-state index in [-0.39, 0.29) is 0 Å². The molecule has 9 heavy (non-hydrogen) atoms. The van der Waals surface area contributed by atoms with Crippen LogP contribution in [0.1, 0.15) is 0 Å². The maximum Gasteiger partial charge on any atom is 0.220 e. The molecule has 0 aliphatic carbocycles. The van der Waals surface area contributed by atoms with Gasteiger partial charge in [0.05, 0.1) is 0 Å². The van der Waals surface area contributed by atoms with Crippen molar-refractivity contribution in [1.29, 1.82) is 0 Å². The van der Waals surface area contributed by atoms with Crippen molar-refractivity contribution >= 4 is 16.3 Å². The molecule has 0 N–H and O–H groups in total. The number of hydrogen-bond acceptors (Lipinski definition) is 3. The maximum atomic E-state index is 10.6. The Morgan fingerprint density at radius 2 is 1.89 bits per heavy atom. The fourth-order valence-corrected chi connectivity index (χ4v) is 0.705. The SMILES string of the molecule is CN(C)S(=O)(=O)CC=O. The molecule has 0 saturated heterocycles. The molecule has 4 nitrogen and oxygen atoms in total. The zero-order chi connectivity index (χ0) is 7.49. The van der Waals surface area contributed by atoms with Gasteiger partial charge in [-0.05, 0) is 0 Å². The third kappa shape index (κ3) is 2.57. The van der Waals surface area contributed by atoms with Crippen LogP contribution in [-0.2, 0) is 14.8 Å². The highest BCUT2D eigenvalue weighted by atomic mass is 32.2. The van der Waals surface area contributed by atoms with E-state index >= 15 is 0 Å². The molecule has 0 heterocycles. The van der Waals surface area contributed by atoms with E-state index in [4.69, 9.17) is 0 Å². The van der Waals surface area contributed by atoms with E-state index in [1.807, 2.05) is 0 Å². The van der Waals surface area contributed by atoms with Crippen molar-refractivity contribution in [3.63, 3.8) is 0 Å². The van der Waals surface area contributed by atoms with E-state index in [0.29, 0.717) is 6.29 Å². The molecule has 0 amide bonds. The zero-order valence-corrected chi connectivity index (χ0v) is 6.18. The van der Waals surface area contributed by atoms with Crippen molar-refractivity contribution in [2.75, 3.05) is 19.8 Å². The Morgan fingerprint density at radius 3 is 2.00 bits per heavy atom. The van der Waals surface area contributed by atoms with Crippen molar-refractivity contribution in [3.8, 4) is 0 Å². The Balaban J connectivity index is 4.22. The molecule has 0 aliphatic rings. The molecule has 0 aromatic carbocycles. The fraction of sp³-hybridized carbons (Fsp3) is 0.750. The first-order valence-electron chi connectivity index (χ1n) is 2.34. The molecule has 0 unspecified atom stereocenters. The molecule has 0 aromatic heterocycles. The number of hydrogen-bond donors (Lipinski definition) is 0. The molecule has 0 aliphatic heterocycles. The van der Waals surface area contributed by atoms with Crippen LogP contribution in [0.25, 0.3) is 0 Å². The number of aldehydes is 1. The minimum atomic E-state index is -3.28. The Kier molecular flexibility index (Phi) is 2.80. The summed E-state index contributed by atoms with van der Waals surface area (Å²) < 4.78 is 22.3. The van der Waals surface area contributed by atoms with Gasteiger partial charge < -0.3 is 4.79 Å². The molecule has 0 bridgehead atoms. The van der Waals surface area contributed by atoms with Gasteiger partial charge in [-0.15, -0.1) is 0 Å². The third-order valence-electron chi connectivity index (χ3n) is 0.835. The number of rotatable bonds is 3. The summed E-state index contributed by atoms with van der Waals surface area (Å²) in [4.78, 5) is 9.72. The molecule has 0 radical (unpaired) electrons. The number of carbonyl (C=O) groups excluding carboxylic acids is 1. The van der Waals surface area contributed by atoms with Gasteiger partial charge in [0.25, 0.3) is 0 Å². The number of carbonyl (C=O) groups is 1. The summed E-state index contributed by atoms with van der Waals surface area (Å²) in [6.07, 6.45) is 0.370. The summed E-state index contributed by atoms with van der Waals surface area (Å²) in [6, 6.07) is 0. The van der Waals surface area contributed by atoms with Gasteiger partial charge in [0.2, 0.25) is 10.0 Å². The van der Waals surface area contributed by atoms with Crippen LogP contribution in [0.2, 0.25) is 0 Å². The second-order valence-electron chi connectivity index (χ2n) is 1.73. The predicted octanol–water partition coefficient (Wildman–Crippen LogP) is -0.923. The van der Waals surface area contributed by atoms with Crippen molar-refractivity contribution in [2.45, 2.75) is 0 Å². The topological polar surface area (TPSA) is 54.5 Å². The first-order chi connectivity index (χ1) is 4.00. The zero-order valence-electron chi connectivity index (χ0n) is 5.36. The normalized spacial score (nSPS) is 11.9. The molecule has 5 heteroatoms. The van der Waals surface area contributed by atoms with Gasteiger partial charge >= 0.3 is 0 Å². The van der Waals surface area contributed by atoms with Crippen molar-refractivity contribution in [2.24, 2.45) is 0 Å². The second kappa shape index (κ2) is 2.93. The van der Waals surface area contributed by atoms with Gasteiger partial charge in [-0.2, -0.15) is 0 Å². The molecule has 0 saturated carbocycles. The van der Waals surface area contributed by atoms with Gasteiger partial charge in [0.15, 0.2) is 0 Å². The highest BCUT2D eigenvalue weighted by Crippen LogP contribution is 1.89. The summed E-state index contributed by atoms with van der Waals surface area (Å²) in [5.74, 6) is -0.431. The number of nitrogens with zero attached hydrogens (tertiary/aromatic N) is 1. The van der Waals surface area contributed by atoms with E-state index in [1.54, 1.807) is 0 Å². The summed E-state index contributed by atoms with van der Waals surface area (Å²) in [5, 5.41) is 0. The molecule has 0 spiro atoms. The summed E-state index contributed by atoms with van der Waals surface area (Å²) in [5.41, 5.74) is 0. The van der Waals surface area contributed by atoms with Gasteiger partial charge in [0, 0.05) is 14.1 Å². The fourth-order valence-electron chi connectivity index (χ4n) is 0.235. The Morgan fingerprint density at radius 1 is 1.44 bits per heavy atom. The minimum Gasteiger partial charge on any atom is -0.302 e.